The van der Waals surface area contributed by atoms with E-state index in [0.717, 1.165) is 4.90 Å². The fourth-order valence-electron chi connectivity index (χ4n) is 2.41. The Hall–Kier alpha value is -1.56. The number of nitrogens with one attached hydrogen (secondary N) is 1. The van der Waals surface area contributed by atoms with Gasteiger partial charge in [-0.15, -0.1) is 0 Å². The molecule has 0 aliphatic carbocycles. The predicted octanol–water partition coefficient (Wildman–Crippen LogP) is 2.55. The number of carbonyl (C=O) groups is 1. The van der Waals surface area contributed by atoms with E-state index in [4.69, 9.17) is 0 Å². The molecule has 1 aromatic carbocycles. The Morgan fingerprint density at radius 3 is 2.60 bits per heavy atom. The van der Waals surface area contributed by atoms with Gasteiger partial charge in [-0.1, -0.05) is 26.0 Å². The number of rotatable bonds is 4. The lowest BCUT2D eigenvalue weighted by Crippen LogP contribution is -2.36. The molecule has 1 saturated heterocycles. The van der Waals surface area contributed by atoms with Gasteiger partial charge in [0.05, 0.1) is 12.6 Å². The molecule has 1 aliphatic heterocycles. The molecule has 0 radical (unpaired) electrons. The van der Waals surface area contributed by atoms with Crippen LogP contribution in [0.5, 0.6) is 0 Å². The van der Waals surface area contributed by atoms with Gasteiger partial charge in [-0.2, -0.15) is 0 Å². The number of hydrogen-bond donors (Lipinski definition) is 1. The first-order valence-corrected chi connectivity index (χ1v) is 6.50. The fraction of sp³-hybridized carbons (Fsp3) is 0.500. The van der Waals surface area contributed by atoms with E-state index in [1.807, 2.05) is 13.8 Å². The zero-order chi connectivity index (χ0) is 14.9. The third-order valence-electron chi connectivity index (χ3n) is 3.36. The van der Waals surface area contributed by atoms with Crippen molar-refractivity contribution in [2.45, 2.75) is 32.5 Å². The van der Waals surface area contributed by atoms with Crippen molar-refractivity contribution in [2.75, 3.05) is 6.54 Å². The summed E-state index contributed by atoms with van der Waals surface area (Å²) in [7, 11) is 0. The summed E-state index contributed by atoms with van der Waals surface area (Å²) in [6, 6.07) is 5.13. The van der Waals surface area contributed by atoms with Crippen LogP contribution in [0.25, 0.3) is 0 Å². The molecule has 20 heavy (non-hydrogen) atoms. The Bertz CT molecular complexity index is 493. The number of carbonyl (C=O) groups excluding carboxylic acids is 1. The topological polar surface area (TPSA) is 32.3 Å². The van der Waals surface area contributed by atoms with Gasteiger partial charge in [0.25, 0.3) is 6.43 Å². The standard InChI is InChI=1S/C14H17F3N2O/c1-8(2)12-14(20)19(7-11(16)17)13(18-12)9-4-3-5-10(15)6-9/h3-6,8,11-13,18H,7H2,1-2H3. The number of amides is 1. The van der Waals surface area contributed by atoms with E-state index in [1.54, 1.807) is 6.07 Å². The van der Waals surface area contributed by atoms with Crippen LogP contribution >= 0.6 is 0 Å². The van der Waals surface area contributed by atoms with Crippen molar-refractivity contribution in [2.24, 2.45) is 5.92 Å². The second-order valence-corrected chi connectivity index (χ2v) is 5.23. The summed E-state index contributed by atoms with van der Waals surface area (Å²) in [6.07, 6.45) is -3.33. The van der Waals surface area contributed by atoms with Crippen LogP contribution in [0.4, 0.5) is 13.2 Å². The Morgan fingerprint density at radius 1 is 1.35 bits per heavy atom. The molecule has 1 N–H and O–H groups in total. The Morgan fingerprint density at radius 2 is 2.05 bits per heavy atom. The van der Waals surface area contributed by atoms with Crippen LogP contribution in [0.1, 0.15) is 25.6 Å². The number of alkyl halides is 2. The van der Waals surface area contributed by atoms with Gasteiger partial charge in [0.2, 0.25) is 5.91 Å². The minimum absolute atomic E-state index is 0.0266. The third-order valence-corrected chi connectivity index (χ3v) is 3.36. The summed E-state index contributed by atoms with van der Waals surface area (Å²) >= 11 is 0. The minimum atomic E-state index is -2.62. The Balaban J connectivity index is 2.31. The van der Waals surface area contributed by atoms with Crippen molar-refractivity contribution in [3.63, 3.8) is 0 Å². The van der Waals surface area contributed by atoms with Crippen LogP contribution in [0.15, 0.2) is 24.3 Å². The average Bonchev–Trinajstić information content (AvgIpc) is 2.67. The van der Waals surface area contributed by atoms with Crippen molar-refractivity contribution in [3.05, 3.63) is 35.6 Å². The maximum absolute atomic E-state index is 13.3. The molecule has 1 amide bonds. The van der Waals surface area contributed by atoms with E-state index < -0.39 is 31.0 Å². The molecule has 2 unspecified atom stereocenters. The molecule has 6 heteroatoms. The summed E-state index contributed by atoms with van der Waals surface area (Å²) in [5, 5.41) is 3.02. The van der Waals surface area contributed by atoms with E-state index in [2.05, 4.69) is 5.32 Å². The molecule has 3 nitrogen and oxygen atoms in total. The SMILES string of the molecule is CC(C)C1NC(c2cccc(F)c2)N(CC(F)F)C1=O. The van der Waals surface area contributed by atoms with Gasteiger partial charge in [-0.25, -0.2) is 13.2 Å². The van der Waals surface area contributed by atoms with Gasteiger partial charge in [0.1, 0.15) is 12.0 Å². The minimum Gasteiger partial charge on any atom is -0.316 e. The molecule has 2 rings (SSSR count). The lowest BCUT2D eigenvalue weighted by atomic mass is 10.1. The van der Waals surface area contributed by atoms with Crippen molar-refractivity contribution in [1.29, 1.82) is 0 Å². The molecule has 1 aliphatic rings. The quantitative estimate of drug-likeness (QED) is 0.922. The summed E-state index contributed by atoms with van der Waals surface area (Å²) in [5.74, 6) is -0.850. The summed E-state index contributed by atoms with van der Waals surface area (Å²) in [6.45, 7) is 3.02. The molecule has 0 saturated carbocycles. The molecule has 1 aromatic rings. The van der Waals surface area contributed by atoms with Gasteiger partial charge in [0, 0.05) is 0 Å². The second-order valence-electron chi connectivity index (χ2n) is 5.23. The molecule has 1 fully saturated rings. The lowest BCUT2D eigenvalue weighted by molar-refractivity contribution is -0.132. The highest BCUT2D eigenvalue weighted by molar-refractivity contribution is 5.84. The van der Waals surface area contributed by atoms with Crippen molar-refractivity contribution >= 4 is 5.91 Å². The highest BCUT2D eigenvalue weighted by atomic mass is 19.3. The molecule has 2 atom stereocenters. The van der Waals surface area contributed by atoms with E-state index in [-0.39, 0.29) is 11.8 Å². The van der Waals surface area contributed by atoms with Crippen molar-refractivity contribution in [3.8, 4) is 0 Å². The third kappa shape index (κ3) is 2.95. The molecule has 0 aromatic heterocycles. The maximum Gasteiger partial charge on any atom is 0.255 e. The monoisotopic (exact) mass is 286 g/mol. The van der Waals surface area contributed by atoms with Crippen LogP contribution < -0.4 is 5.32 Å². The van der Waals surface area contributed by atoms with Gasteiger partial charge in [0.15, 0.2) is 0 Å². The number of nitrogens with zero attached hydrogens (tertiary/aromatic N) is 1. The summed E-state index contributed by atoms with van der Waals surface area (Å²) in [4.78, 5) is 13.3. The summed E-state index contributed by atoms with van der Waals surface area (Å²) < 4.78 is 38.6. The van der Waals surface area contributed by atoms with Crippen molar-refractivity contribution < 1.29 is 18.0 Å². The lowest BCUT2D eigenvalue weighted by Gasteiger charge is -2.24. The molecule has 110 valence electrons. The molecule has 0 spiro atoms. The zero-order valence-electron chi connectivity index (χ0n) is 11.3. The number of benzene rings is 1. The average molecular weight is 286 g/mol. The van der Waals surface area contributed by atoms with Crippen LogP contribution in [0.3, 0.4) is 0 Å². The predicted molar refractivity (Wildman–Crippen MR) is 68.6 cm³/mol. The first-order valence-electron chi connectivity index (χ1n) is 6.50. The van der Waals surface area contributed by atoms with Crippen molar-refractivity contribution in [1.82, 2.24) is 10.2 Å². The van der Waals surface area contributed by atoms with E-state index in [9.17, 15) is 18.0 Å². The van der Waals surface area contributed by atoms with Crippen LogP contribution in [0.2, 0.25) is 0 Å². The highest BCUT2D eigenvalue weighted by Crippen LogP contribution is 2.29. The molecule has 1 heterocycles. The molecular formula is C14H17F3N2O. The Kier molecular flexibility index (Phi) is 4.32. The van der Waals surface area contributed by atoms with Gasteiger partial charge in [-0.05, 0) is 23.6 Å². The Labute approximate surface area is 115 Å². The van der Waals surface area contributed by atoms with Crippen LogP contribution in [0, 0.1) is 11.7 Å². The number of hydrogen-bond acceptors (Lipinski definition) is 2. The van der Waals surface area contributed by atoms with Crippen LogP contribution in [-0.4, -0.2) is 29.8 Å². The zero-order valence-corrected chi connectivity index (χ0v) is 11.3. The highest BCUT2D eigenvalue weighted by Gasteiger charge is 2.41. The van der Waals surface area contributed by atoms with E-state index in [0.29, 0.717) is 5.56 Å². The smallest absolute Gasteiger partial charge is 0.255 e. The van der Waals surface area contributed by atoms with E-state index >= 15 is 0 Å². The first-order chi connectivity index (χ1) is 9.40. The van der Waals surface area contributed by atoms with Gasteiger partial charge in [-0.3, -0.25) is 10.1 Å². The van der Waals surface area contributed by atoms with Gasteiger partial charge >= 0.3 is 0 Å². The first kappa shape index (κ1) is 14.8. The van der Waals surface area contributed by atoms with E-state index in [1.165, 1.54) is 18.2 Å². The molecular weight excluding hydrogens is 269 g/mol. The largest absolute Gasteiger partial charge is 0.316 e. The van der Waals surface area contributed by atoms with Gasteiger partial charge < -0.3 is 4.90 Å². The van der Waals surface area contributed by atoms with Crippen LogP contribution in [-0.2, 0) is 4.79 Å². The second kappa shape index (κ2) is 5.83. The number of halogens is 3. The maximum atomic E-state index is 13.3. The molecule has 0 bridgehead atoms. The fourth-order valence-corrected chi connectivity index (χ4v) is 2.41. The summed E-state index contributed by atoms with van der Waals surface area (Å²) in [5.41, 5.74) is 0.474. The normalized spacial score (nSPS) is 23.1.